The van der Waals surface area contributed by atoms with Crippen molar-refractivity contribution in [3.05, 3.63) is 18.0 Å². The number of hydrogen-bond donors (Lipinski definition) is 1. The molecule has 0 radical (unpaired) electrons. The third kappa shape index (κ3) is 2.70. The van der Waals surface area contributed by atoms with Gasteiger partial charge in [0, 0.05) is 12.1 Å². The van der Waals surface area contributed by atoms with Crippen LogP contribution in [0.2, 0.25) is 0 Å². The fourth-order valence-electron chi connectivity index (χ4n) is 9.56. The van der Waals surface area contributed by atoms with Crippen LogP contribution in [0.1, 0.15) is 77.3 Å². The highest BCUT2D eigenvalue weighted by molar-refractivity contribution is 5.82. The van der Waals surface area contributed by atoms with Gasteiger partial charge in [-0.3, -0.25) is 9.48 Å². The fraction of sp³-hybridized carbons (Fsp3) is 0.808. The number of Topliss-reactive ketones (excluding diaryl/α,β-unsaturated/α-hetero) is 1. The first-order chi connectivity index (χ1) is 14.8. The zero-order chi connectivity index (χ0) is 21.6. The van der Waals surface area contributed by atoms with E-state index in [1.165, 1.54) is 44.9 Å². The number of carbonyl (C=O) groups is 1. The molecule has 5 nitrogen and oxygen atoms in total. The van der Waals surface area contributed by atoms with E-state index in [-0.39, 0.29) is 11.3 Å². The highest BCUT2D eigenvalue weighted by Crippen LogP contribution is 2.76. The number of aromatic nitrogens is 2. The van der Waals surface area contributed by atoms with Crippen LogP contribution >= 0.6 is 0 Å². The summed E-state index contributed by atoms with van der Waals surface area (Å²) in [6.07, 6.45) is 12.4. The topological polar surface area (TPSA) is 78.9 Å². The molecule has 0 bridgehead atoms. The summed E-state index contributed by atoms with van der Waals surface area (Å²) < 4.78 is 1.65. The molecule has 1 aromatic heterocycles. The van der Waals surface area contributed by atoms with Crippen LogP contribution in [0.4, 0.5) is 0 Å². The van der Waals surface area contributed by atoms with Crippen LogP contribution in [-0.2, 0) is 11.3 Å². The monoisotopic (exact) mass is 421 g/mol. The molecule has 0 aromatic carbocycles. The van der Waals surface area contributed by atoms with Crippen LogP contribution in [0.3, 0.4) is 0 Å². The summed E-state index contributed by atoms with van der Waals surface area (Å²) >= 11 is 0. The Labute approximate surface area is 185 Å². The molecular formula is C26H35N3O2. The molecule has 5 heteroatoms. The molecule has 6 rings (SSSR count). The summed E-state index contributed by atoms with van der Waals surface area (Å²) in [7, 11) is 0. The van der Waals surface area contributed by atoms with E-state index in [1.807, 2.05) is 6.07 Å². The minimum Gasteiger partial charge on any atom is -0.390 e. The predicted octanol–water partition coefficient (Wildman–Crippen LogP) is 4.34. The van der Waals surface area contributed by atoms with Crippen LogP contribution in [0, 0.1) is 57.7 Å². The van der Waals surface area contributed by atoms with Crippen molar-refractivity contribution in [1.82, 2.24) is 9.78 Å². The van der Waals surface area contributed by atoms with E-state index in [2.05, 4.69) is 18.9 Å². The van der Waals surface area contributed by atoms with E-state index in [9.17, 15) is 9.90 Å². The van der Waals surface area contributed by atoms with Gasteiger partial charge in [-0.15, -0.1) is 0 Å². The van der Waals surface area contributed by atoms with Crippen LogP contribution in [0.15, 0.2) is 12.3 Å². The molecule has 1 heterocycles. The second-order valence-corrected chi connectivity index (χ2v) is 12.1. The van der Waals surface area contributed by atoms with Gasteiger partial charge in [-0.05, 0) is 111 Å². The number of ketones is 1. The number of aliphatic hydroxyl groups is 1. The number of fused-ring (bicyclic) bond motifs is 4. The molecule has 0 amide bonds. The number of nitrogens with zero attached hydrogens (tertiary/aromatic N) is 3. The molecule has 1 spiro atoms. The summed E-state index contributed by atoms with van der Waals surface area (Å²) in [4.78, 5) is 13.3. The van der Waals surface area contributed by atoms with Gasteiger partial charge in [0.15, 0.2) is 11.5 Å². The Morgan fingerprint density at radius 1 is 1.16 bits per heavy atom. The van der Waals surface area contributed by atoms with E-state index >= 15 is 0 Å². The lowest BCUT2D eigenvalue weighted by Gasteiger charge is -2.57. The van der Waals surface area contributed by atoms with Gasteiger partial charge in [0.25, 0.3) is 0 Å². The Morgan fingerprint density at radius 2 is 1.94 bits per heavy atom. The second kappa shape index (κ2) is 6.44. The van der Waals surface area contributed by atoms with Gasteiger partial charge in [0.05, 0.1) is 12.1 Å². The summed E-state index contributed by atoms with van der Waals surface area (Å²) in [6, 6.07) is 3.73. The molecule has 31 heavy (non-hydrogen) atoms. The zero-order valence-corrected chi connectivity index (χ0v) is 18.9. The third-order valence-corrected chi connectivity index (χ3v) is 11.0. The molecule has 1 N–H and O–H groups in total. The number of carbonyl (C=O) groups excluding carboxylic acids is 1. The van der Waals surface area contributed by atoms with E-state index in [0.717, 1.165) is 30.6 Å². The van der Waals surface area contributed by atoms with Gasteiger partial charge in [0.1, 0.15) is 6.07 Å². The zero-order valence-electron chi connectivity index (χ0n) is 18.9. The number of hydrogen-bond acceptors (Lipinski definition) is 4. The van der Waals surface area contributed by atoms with E-state index in [0.29, 0.717) is 35.3 Å². The van der Waals surface area contributed by atoms with Crippen molar-refractivity contribution in [3.8, 4) is 6.07 Å². The molecule has 0 saturated heterocycles. The van der Waals surface area contributed by atoms with Crippen LogP contribution < -0.4 is 0 Å². The van der Waals surface area contributed by atoms with Crippen molar-refractivity contribution in [2.45, 2.75) is 83.8 Å². The largest absolute Gasteiger partial charge is 0.390 e. The van der Waals surface area contributed by atoms with Gasteiger partial charge < -0.3 is 5.11 Å². The maximum Gasteiger partial charge on any atom is 0.162 e. The predicted molar refractivity (Wildman–Crippen MR) is 116 cm³/mol. The normalized spacial score (nSPS) is 49.9. The average Bonchev–Trinajstić information content (AvgIpc) is 3.13. The summed E-state index contributed by atoms with van der Waals surface area (Å²) in [6.45, 7) is 4.79. The maximum absolute atomic E-state index is 13.3. The molecule has 5 aliphatic rings. The summed E-state index contributed by atoms with van der Waals surface area (Å²) in [5.41, 5.74) is 0.514. The lowest BCUT2D eigenvalue weighted by molar-refractivity contribution is -0.133. The standard InChI is InChI=1S/C26H35N3O2/c1-24-9-5-18-17(6-11-26-13-23(26)25(2,31)10-7-20(18)26)19(24)3-4-21(24)22(30)15-29-12-8-16(14-27)28-29/h8,12,17-21,23,31H,3-7,9-11,13,15H2,1-2H3/t17-,18+,19+,20-,21-,23?,24+,25-,26?/m1/s1. The Hall–Kier alpha value is -1.67. The van der Waals surface area contributed by atoms with Gasteiger partial charge in [-0.25, -0.2) is 0 Å². The van der Waals surface area contributed by atoms with Gasteiger partial charge in [-0.1, -0.05) is 6.92 Å². The lowest BCUT2D eigenvalue weighted by Crippen LogP contribution is -2.52. The van der Waals surface area contributed by atoms with Crippen LogP contribution in [0.25, 0.3) is 0 Å². The minimum atomic E-state index is -0.435. The van der Waals surface area contributed by atoms with Crippen molar-refractivity contribution in [2.24, 2.45) is 46.3 Å². The smallest absolute Gasteiger partial charge is 0.162 e. The quantitative estimate of drug-likeness (QED) is 0.787. The van der Waals surface area contributed by atoms with Gasteiger partial charge >= 0.3 is 0 Å². The molecule has 166 valence electrons. The van der Waals surface area contributed by atoms with Crippen LogP contribution in [-0.4, -0.2) is 26.3 Å². The van der Waals surface area contributed by atoms with Crippen molar-refractivity contribution >= 4 is 5.78 Å². The van der Waals surface area contributed by atoms with Crippen LogP contribution in [0.5, 0.6) is 0 Å². The summed E-state index contributed by atoms with van der Waals surface area (Å²) in [5.74, 6) is 4.04. The first-order valence-electron chi connectivity index (χ1n) is 12.5. The number of rotatable bonds is 3. The Kier molecular flexibility index (Phi) is 4.15. The maximum atomic E-state index is 13.3. The molecule has 5 saturated carbocycles. The van der Waals surface area contributed by atoms with Gasteiger partial charge in [0.2, 0.25) is 0 Å². The van der Waals surface area contributed by atoms with E-state index in [4.69, 9.17) is 5.26 Å². The third-order valence-electron chi connectivity index (χ3n) is 11.0. The second-order valence-electron chi connectivity index (χ2n) is 12.1. The first kappa shape index (κ1) is 20.0. The molecule has 1 aromatic rings. The molecular weight excluding hydrogens is 386 g/mol. The van der Waals surface area contributed by atoms with Crippen molar-refractivity contribution in [3.63, 3.8) is 0 Å². The molecule has 9 atom stereocenters. The van der Waals surface area contributed by atoms with Crippen molar-refractivity contribution in [1.29, 1.82) is 5.26 Å². The first-order valence-corrected chi connectivity index (χ1v) is 12.5. The Bertz CT molecular complexity index is 960. The van der Waals surface area contributed by atoms with Crippen molar-refractivity contribution in [2.75, 3.05) is 0 Å². The fourth-order valence-corrected chi connectivity index (χ4v) is 9.56. The average molecular weight is 422 g/mol. The van der Waals surface area contributed by atoms with Gasteiger partial charge in [-0.2, -0.15) is 10.4 Å². The molecule has 2 unspecified atom stereocenters. The van der Waals surface area contributed by atoms with Crippen molar-refractivity contribution < 1.29 is 9.90 Å². The van der Waals surface area contributed by atoms with E-state index < -0.39 is 5.60 Å². The summed E-state index contributed by atoms with van der Waals surface area (Å²) in [5, 5.41) is 24.1. The molecule has 5 fully saturated rings. The minimum absolute atomic E-state index is 0.122. The van der Waals surface area contributed by atoms with E-state index in [1.54, 1.807) is 16.9 Å². The number of nitriles is 1. The lowest BCUT2D eigenvalue weighted by atomic mass is 9.48. The molecule has 5 aliphatic carbocycles. The molecule has 0 aliphatic heterocycles. The SMILES string of the molecule is C[C@]12CC[C@H]3[C@@H](CCC45CC4[C@](C)(O)CC[C@H]35)[C@@H]1CC[C@@H]2C(=O)Cn1ccc(C#N)n1. The highest BCUT2D eigenvalue weighted by Gasteiger charge is 2.71. The Balaban J connectivity index is 1.20. The highest BCUT2D eigenvalue weighted by atomic mass is 16.3. The Morgan fingerprint density at radius 3 is 2.71 bits per heavy atom.